The summed E-state index contributed by atoms with van der Waals surface area (Å²) in [5, 5.41) is 2.92. The number of hydrazine groups is 1. The number of hydrogen-bond donors (Lipinski definition) is 2. The molecule has 0 radical (unpaired) electrons. The van der Waals surface area contributed by atoms with Crippen LogP contribution in [0.25, 0.3) is 11.0 Å². The molecule has 2 heterocycles. The summed E-state index contributed by atoms with van der Waals surface area (Å²) >= 11 is 0. The van der Waals surface area contributed by atoms with E-state index in [4.69, 9.17) is 5.84 Å². The summed E-state index contributed by atoms with van der Waals surface area (Å²) in [5.41, 5.74) is 2.90. The predicted molar refractivity (Wildman–Crippen MR) is 76.5 cm³/mol. The highest BCUT2D eigenvalue weighted by Gasteiger charge is 2.22. The maximum Gasteiger partial charge on any atom is 0.137 e. The Morgan fingerprint density at radius 1 is 1.39 bits per heavy atom. The average molecular weight is 246 g/mol. The van der Waals surface area contributed by atoms with E-state index < -0.39 is 0 Å². The van der Waals surface area contributed by atoms with Crippen LogP contribution in [-0.2, 0) is 6.42 Å². The molecule has 2 rings (SSSR count). The maximum absolute atomic E-state index is 6.25. The molecule has 4 nitrogen and oxygen atoms in total. The Balaban J connectivity index is 2.55. The largest absolute Gasteiger partial charge is 0.346 e. The predicted octanol–water partition coefficient (Wildman–Crippen LogP) is 2.99. The standard InChI is InChI=1S/C14H22N4/c1-5-6-11-12(18(15)14(2,3)4)9-10-7-8-16-13(10)17-11/h7-9H,5-6,15H2,1-4H3,(H,16,17). The molecule has 0 aromatic carbocycles. The van der Waals surface area contributed by atoms with Gasteiger partial charge < -0.3 is 9.99 Å². The fourth-order valence-electron chi connectivity index (χ4n) is 2.00. The molecular weight excluding hydrogens is 224 g/mol. The third kappa shape index (κ3) is 2.34. The van der Waals surface area contributed by atoms with E-state index in [0.717, 1.165) is 35.3 Å². The van der Waals surface area contributed by atoms with Gasteiger partial charge in [0.2, 0.25) is 0 Å². The van der Waals surface area contributed by atoms with Gasteiger partial charge in [-0.1, -0.05) is 13.3 Å². The first-order chi connectivity index (χ1) is 8.43. The lowest BCUT2D eigenvalue weighted by atomic mass is 10.1. The Labute approximate surface area is 108 Å². The molecule has 0 bridgehead atoms. The summed E-state index contributed by atoms with van der Waals surface area (Å²) in [5.74, 6) is 6.25. The van der Waals surface area contributed by atoms with Crippen LogP contribution in [0.1, 0.15) is 39.8 Å². The number of anilines is 1. The minimum atomic E-state index is -0.117. The molecule has 2 aromatic rings. The number of nitrogens with one attached hydrogen (secondary N) is 1. The Hall–Kier alpha value is -1.55. The second kappa shape index (κ2) is 4.61. The van der Waals surface area contributed by atoms with E-state index in [0.29, 0.717) is 0 Å². The molecule has 0 saturated heterocycles. The van der Waals surface area contributed by atoms with Gasteiger partial charge in [0.25, 0.3) is 0 Å². The van der Waals surface area contributed by atoms with Gasteiger partial charge in [-0.2, -0.15) is 0 Å². The van der Waals surface area contributed by atoms with E-state index >= 15 is 0 Å². The number of rotatable bonds is 3. The first kappa shape index (κ1) is 12.9. The number of pyridine rings is 1. The van der Waals surface area contributed by atoms with Crippen LogP contribution in [0.2, 0.25) is 0 Å². The minimum absolute atomic E-state index is 0.117. The SMILES string of the molecule is CCCc1nc2[nH]ccc2cc1N(N)C(C)(C)C. The van der Waals surface area contributed by atoms with Gasteiger partial charge in [-0.15, -0.1) is 0 Å². The highest BCUT2D eigenvalue weighted by Crippen LogP contribution is 2.27. The lowest BCUT2D eigenvalue weighted by Crippen LogP contribution is -2.47. The van der Waals surface area contributed by atoms with Crippen LogP contribution in [0.15, 0.2) is 18.3 Å². The highest BCUT2D eigenvalue weighted by molar-refractivity contribution is 5.80. The fourth-order valence-corrected chi connectivity index (χ4v) is 2.00. The van der Waals surface area contributed by atoms with Crippen LogP contribution in [-0.4, -0.2) is 15.5 Å². The number of nitrogens with two attached hydrogens (primary N) is 1. The Kier molecular flexibility index (Phi) is 3.30. The van der Waals surface area contributed by atoms with Crippen molar-refractivity contribution in [3.05, 3.63) is 24.0 Å². The molecule has 3 N–H and O–H groups in total. The van der Waals surface area contributed by atoms with E-state index in [9.17, 15) is 0 Å². The number of fused-ring (bicyclic) bond motifs is 1. The van der Waals surface area contributed by atoms with Crippen molar-refractivity contribution in [2.45, 2.75) is 46.1 Å². The maximum atomic E-state index is 6.25. The zero-order chi connectivity index (χ0) is 13.3. The summed E-state index contributed by atoms with van der Waals surface area (Å²) in [4.78, 5) is 7.84. The van der Waals surface area contributed by atoms with Crippen molar-refractivity contribution in [2.75, 3.05) is 5.01 Å². The van der Waals surface area contributed by atoms with Crippen molar-refractivity contribution in [2.24, 2.45) is 5.84 Å². The van der Waals surface area contributed by atoms with Crippen LogP contribution >= 0.6 is 0 Å². The molecule has 18 heavy (non-hydrogen) atoms. The molecule has 0 fully saturated rings. The van der Waals surface area contributed by atoms with E-state index in [1.165, 1.54) is 0 Å². The molecule has 0 unspecified atom stereocenters. The lowest BCUT2D eigenvalue weighted by Gasteiger charge is -2.34. The second-order valence-corrected chi connectivity index (χ2v) is 5.66. The van der Waals surface area contributed by atoms with Crippen molar-refractivity contribution >= 4 is 16.7 Å². The number of aromatic nitrogens is 2. The Morgan fingerprint density at radius 3 is 2.72 bits per heavy atom. The zero-order valence-electron chi connectivity index (χ0n) is 11.6. The number of aromatic amines is 1. The number of hydrogen-bond acceptors (Lipinski definition) is 3. The summed E-state index contributed by atoms with van der Waals surface area (Å²) in [6, 6.07) is 4.15. The molecule has 0 saturated carbocycles. The van der Waals surface area contributed by atoms with Crippen LogP contribution in [0, 0.1) is 0 Å². The van der Waals surface area contributed by atoms with E-state index in [-0.39, 0.29) is 5.54 Å². The van der Waals surface area contributed by atoms with E-state index in [1.54, 1.807) is 0 Å². The molecule has 98 valence electrons. The monoisotopic (exact) mass is 246 g/mol. The van der Waals surface area contributed by atoms with Crippen molar-refractivity contribution in [3.8, 4) is 0 Å². The normalized spacial score (nSPS) is 12.1. The summed E-state index contributed by atoms with van der Waals surface area (Å²) in [6.45, 7) is 8.46. The topological polar surface area (TPSA) is 57.9 Å². The fraction of sp³-hybridized carbons (Fsp3) is 0.500. The first-order valence-corrected chi connectivity index (χ1v) is 6.45. The molecule has 4 heteroatoms. The van der Waals surface area contributed by atoms with Crippen LogP contribution in [0.3, 0.4) is 0 Å². The number of aryl methyl sites for hydroxylation is 1. The van der Waals surface area contributed by atoms with E-state index in [2.05, 4.69) is 43.7 Å². The first-order valence-electron chi connectivity index (χ1n) is 6.45. The molecule has 0 atom stereocenters. The van der Waals surface area contributed by atoms with Crippen molar-refractivity contribution in [1.82, 2.24) is 9.97 Å². The van der Waals surface area contributed by atoms with Gasteiger partial charge in [-0.05, 0) is 39.3 Å². The second-order valence-electron chi connectivity index (χ2n) is 5.66. The number of nitrogens with zero attached hydrogens (tertiary/aromatic N) is 2. The highest BCUT2D eigenvalue weighted by atomic mass is 15.4. The quantitative estimate of drug-likeness (QED) is 0.646. The lowest BCUT2D eigenvalue weighted by molar-refractivity contribution is 0.511. The minimum Gasteiger partial charge on any atom is -0.346 e. The summed E-state index contributed by atoms with van der Waals surface area (Å²) in [7, 11) is 0. The molecule has 0 aliphatic heterocycles. The van der Waals surface area contributed by atoms with Gasteiger partial charge in [0, 0.05) is 17.1 Å². The molecular formula is C14H22N4. The molecule has 0 amide bonds. The van der Waals surface area contributed by atoms with Gasteiger partial charge in [0.15, 0.2) is 0 Å². The smallest absolute Gasteiger partial charge is 0.137 e. The average Bonchev–Trinajstić information content (AvgIpc) is 2.73. The summed E-state index contributed by atoms with van der Waals surface area (Å²) in [6.07, 6.45) is 3.91. The Morgan fingerprint density at radius 2 is 2.11 bits per heavy atom. The van der Waals surface area contributed by atoms with Crippen molar-refractivity contribution in [3.63, 3.8) is 0 Å². The molecule has 0 aliphatic carbocycles. The Bertz CT molecular complexity index is 536. The van der Waals surface area contributed by atoms with Gasteiger partial charge in [-0.25, -0.2) is 10.8 Å². The van der Waals surface area contributed by atoms with E-state index in [1.807, 2.05) is 17.3 Å². The van der Waals surface area contributed by atoms with Crippen LogP contribution in [0.5, 0.6) is 0 Å². The third-order valence-electron chi connectivity index (χ3n) is 3.06. The molecule has 0 aliphatic rings. The summed E-state index contributed by atoms with van der Waals surface area (Å²) < 4.78 is 0. The van der Waals surface area contributed by atoms with Gasteiger partial charge in [-0.3, -0.25) is 0 Å². The third-order valence-corrected chi connectivity index (χ3v) is 3.06. The number of H-pyrrole nitrogens is 1. The molecule has 2 aromatic heterocycles. The van der Waals surface area contributed by atoms with Crippen molar-refractivity contribution in [1.29, 1.82) is 0 Å². The van der Waals surface area contributed by atoms with Crippen molar-refractivity contribution < 1.29 is 0 Å². The van der Waals surface area contributed by atoms with Gasteiger partial charge in [0.05, 0.1) is 11.4 Å². The van der Waals surface area contributed by atoms with Gasteiger partial charge >= 0.3 is 0 Å². The van der Waals surface area contributed by atoms with Crippen LogP contribution < -0.4 is 10.9 Å². The zero-order valence-corrected chi connectivity index (χ0v) is 11.6. The molecule has 0 spiro atoms. The van der Waals surface area contributed by atoms with Gasteiger partial charge in [0.1, 0.15) is 5.65 Å². The van der Waals surface area contributed by atoms with Crippen LogP contribution in [0.4, 0.5) is 5.69 Å².